The summed E-state index contributed by atoms with van der Waals surface area (Å²) in [5, 5.41) is 0. The van der Waals surface area contributed by atoms with Crippen molar-refractivity contribution in [1.29, 1.82) is 0 Å². The maximum absolute atomic E-state index is 14.3. The van der Waals surface area contributed by atoms with E-state index in [9.17, 15) is 101 Å². The first kappa shape index (κ1) is 97.1. The van der Waals surface area contributed by atoms with Crippen LogP contribution in [0.3, 0.4) is 0 Å². The van der Waals surface area contributed by atoms with E-state index in [0.29, 0.717) is 132 Å². The van der Waals surface area contributed by atoms with Crippen LogP contribution in [0.15, 0.2) is 0 Å². The van der Waals surface area contributed by atoms with E-state index in [1.165, 1.54) is 0 Å². The van der Waals surface area contributed by atoms with Crippen molar-refractivity contribution < 1.29 is 158 Å². The Morgan fingerprint density at radius 2 is 0.530 bits per heavy atom. The first-order valence-corrected chi connectivity index (χ1v) is 41.4. The van der Waals surface area contributed by atoms with Crippen LogP contribution in [0.1, 0.15) is 263 Å². The van der Waals surface area contributed by atoms with Gasteiger partial charge >= 0.3 is 102 Å². The number of alkyl halides is 10. The molecule has 13 fully saturated rings. The summed E-state index contributed by atoms with van der Waals surface area (Å²) in [7, 11) is 0. The maximum Gasteiger partial charge on any atom is 0.504 e. The van der Waals surface area contributed by atoms with Gasteiger partial charge in [-0.05, 0) is 263 Å². The van der Waals surface area contributed by atoms with Crippen molar-refractivity contribution in [2.24, 2.45) is 97.1 Å². The van der Waals surface area contributed by atoms with E-state index in [2.05, 4.69) is 33.2 Å². The Labute approximate surface area is 677 Å². The third-order valence-electron chi connectivity index (χ3n) is 25.9. The zero-order chi connectivity index (χ0) is 87.3. The summed E-state index contributed by atoms with van der Waals surface area (Å²) in [4.78, 5) is 143. The van der Waals surface area contributed by atoms with Gasteiger partial charge in [0, 0.05) is 0 Å². The number of halogens is 10. The topological polar surface area (TPSA) is 316 Å². The molecule has 117 heavy (non-hydrogen) atoms. The molecule has 0 N–H and O–H groups in total. The van der Waals surface area contributed by atoms with Crippen molar-refractivity contribution >= 4 is 71.6 Å². The van der Waals surface area contributed by atoms with Crippen molar-refractivity contribution in [3.8, 4) is 0 Å². The predicted octanol–water partition coefficient (Wildman–Crippen LogP) is 15.9. The minimum atomic E-state index is -4.59. The average Bonchev–Trinajstić information content (AvgIpc) is 0.750. The van der Waals surface area contributed by atoms with Crippen LogP contribution in [0, 0.1) is 97.1 Å². The van der Waals surface area contributed by atoms with Crippen LogP contribution in [0.25, 0.3) is 0 Å². The van der Waals surface area contributed by atoms with E-state index >= 15 is 0 Å². The summed E-state index contributed by atoms with van der Waals surface area (Å²) in [5.74, 6) is -19.5. The van der Waals surface area contributed by atoms with Crippen molar-refractivity contribution in [1.82, 2.24) is 0 Å². The minimum absolute atomic E-state index is 0.283. The number of hydrogen-bond donors (Lipinski definition) is 0. The summed E-state index contributed by atoms with van der Waals surface area (Å²) in [6, 6.07) is 0. The average molecular weight is 1690 g/mol. The Hall–Kier alpha value is -7.06. The molecule has 13 aliphatic carbocycles. The van der Waals surface area contributed by atoms with Gasteiger partial charge in [-0.3, -0.25) is 38.4 Å². The van der Waals surface area contributed by atoms with Gasteiger partial charge in [0.2, 0.25) is 0 Å². The molecule has 12 bridgehead atoms. The molecule has 0 aliphatic heterocycles. The van der Waals surface area contributed by atoms with Gasteiger partial charge in [0.05, 0.1) is 43.8 Å². The Morgan fingerprint density at radius 3 is 0.812 bits per heavy atom. The van der Waals surface area contributed by atoms with E-state index in [1.807, 2.05) is 20.8 Å². The van der Waals surface area contributed by atoms with Gasteiger partial charge in [0.25, 0.3) is 0 Å². The Kier molecular flexibility index (Phi) is 32.5. The molecule has 13 saturated carbocycles. The van der Waals surface area contributed by atoms with E-state index in [1.54, 1.807) is 62.3 Å². The van der Waals surface area contributed by atoms with Gasteiger partial charge in [-0.2, -0.15) is 43.9 Å². The molecule has 0 spiro atoms. The van der Waals surface area contributed by atoms with Crippen LogP contribution < -0.4 is 0 Å². The highest BCUT2D eigenvalue weighted by atomic mass is 19.3. The first-order chi connectivity index (χ1) is 54.2. The van der Waals surface area contributed by atoms with Crippen LogP contribution in [0.4, 0.5) is 43.9 Å². The summed E-state index contributed by atoms with van der Waals surface area (Å²) in [6.45, 7) is 15.6. The van der Waals surface area contributed by atoms with Crippen molar-refractivity contribution in [2.75, 3.05) is 59.5 Å². The van der Waals surface area contributed by atoms with Crippen LogP contribution in [-0.4, -0.2) is 161 Å². The van der Waals surface area contributed by atoms with Crippen molar-refractivity contribution in [2.45, 2.75) is 293 Å². The highest BCUT2D eigenvalue weighted by Gasteiger charge is 2.62. The second-order valence-electron chi connectivity index (χ2n) is 37.0. The molecule has 0 saturated heterocycles. The summed E-state index contributed by atoms with van der Waals surface area (Å²) >= 11 is 0. The number of carbonyl (C=O) groups excluding carboxylic acids is 12. The van der Waals surface area contributed by atoms with E-state index in [0.717, 1.165) is 77.0 Å². The van der Waals surface area contributed by atoms with Crippen LogP contribution in [0.5, 0.6) is 0 Å². The van der Waals surface area contributed by atoms with Gasteiger partial charge in [-0.25, -0.2) is 19.2 Å². The number of hydrogen-bond acceptors (Lipinski definition) is 24. The van der Waals surface area contributed by atoms with Crippen LogP contribution >= 0.6 is 0 Å². The van der Waals surface area contributed by atoms with E-state index < -0.39 is 192 Å². The molecule has 0 aromatic rings. The smallest absolute Gasteiger partial charge is 0.462 e. The highest BCUT2D eigenvalue weighted by Crippen LogP contribution is 2.63. The molecular formula is C83H120F10O24. The molecule has 0 unspecified atom stereocenters. The Morgan fingerprint density at radius 1 is 0.291 bits per heavy atom. The number of ether oxygens (including phenoxy) is 12. The van der Waals surface area contributed by atoms with Gasteiger partial charge in [0.1, 0.15) is 59.3 Å². The minimum Gasteiger partial charge on any atom is -0.462 e. The van der Waals surface area contributed by atoms with Gasteiger partial charge in [-0.15, -0.1) is 0 Å². The molecule has 34 heteroatoms. The second-order valence-corrected chi connectivity index (χ2v) is 37.0. The molecule has 0 aromatic carbocycles. The second kappa shape index (κ2) is 39.2. The number of carbonyl (C=O) groups is 12. The van der Waals surface area contributed by atoms with Crippen molar-refractivity contribution in [3.63, 3.8) is 0 Å². The third kappa shape index (κ3) is 26.0. The fourth-order valence-corrected chi connectivity index (χ4v) is 18.7. The largest absolute Gasteiger partial charge is 0.504 e. The van der Waals surface area contributed by atoms with Crippen LogP contribution in [-0.2, 0) is 114 Å². The predicted molar refractivity (Wildman–Crippen MR) is 391 cm³/mol. The maximum atomic E-state index is 14.3. The van der Waals surface area contributed by atoms with Gasteiger partial charge < -0.3 is 56.8 Å². The summed E-state index contributed by atoms with van der Waals surface area (Å²) in [6.07, 6.45) is 4.60. The summed E-state index contributed by atoms with van der Waals surface area (Å²) in [5.41, 5.74) is -5.49. The highest BCUT2D eigenvalue weighted by molar-refractivity contribution is 5.85. The van der Waals surface area contributed by atoms with Crippen LogP contribution in [0.2, 0.25) is 0 Å². The zero-order valence-corrected chi connectivity index (χ0v) is 69.5. The number of rotatable bonds is 35. The molecule has 0 atom stereocenters. The van der Waals surface area contributed by atoms with Crippen molar-refractivity contribution in [3.05, 3.63) is 0 Å². The SMILES string of the molecule is CCC(C)(C)C(=O)OCCOC(=O)C(F)(F)CC(F)(F)OC(=O)C12CC3CC(CC(C3)C1)C2.CCC(C)(C)C(=O)OCCOC(=O)C(F)(F)COC(=O)C12CC3CC(CC(C3)C1)C2.CCC(C)(C)C(=O)OCCOC(=O)C(F)(F)OC(=O)C12CC3CC(CC(C3)C1)C2.CCC(C)(C)C(=O)OCCOC(=O)C(F)(F)OC(=O)C1CCCCC1. The lowest BCUT2D eigenvalue weighted by Crippen LogP contribution is -2.52. The molecule has 13 aliphatic rings. The molecule has 13 rings (SSSR count). The van der Waals surface area contributed by atoms with Gasteiger partial charge in [0.15, 0.2) is 6.61 Å². The Balaban J connectivity index is 0.000000217. The normalized spacial score (nSPS) is 27.0. The molecule has 24 nitrogen and oxygen atoms in total. The van der Waals surface area contributed by atoms with E-state index in [-0.39, 0.29) is 37.6 Å². The lowest BCUT2D eigenvalue weighted by molar-refractivity contribution is -0.271. The quantitative estimate of drug-likeness (QED) is 0.0246. The van der Waals surface area contributed by atoms with Gasteiger partial charge in [-0.1, -0.05) is 47.0 Å². The molecule has 0 radical (unpaired) electrons. The molecule has 0 amide bonds. The third-order valence-corrected chi connectivity index (χ3v) is 25.9. The lowest BCUT2D eigenvalue weighted by Gasteiger charge is -2.55. The van der Waals surface area contributed by atoms with E-state index in [4.69, 9.17) is 23.7 Å². The lowest BCUT2D eigenvalue weighted by atomic mass is 9.49. The molecule has 666 valence electrons. The zero-order valence-electron chi connectivity index (χ0n) is 69.5. The molecular weight excluding hydrogens is 1570 g/mol. The number of esters is 12. The standard InChI is InChI=1S/C23H32F4O6.C22H32F2O6.C21H30F2O6.C17H26F2O6/c1-4-20(2,3)17(28)31-5-6-32-19(30)22(24,25)13-23(26,27)33-18(29)21-10-14-7-15(11-21)9-16(8-14)12-21;1-4-20(2,3)17(25)28-5-6-29-19(27)22(23,24)13-30-18(26)21-10-14-7-15(11-21)9-16(8-14)12-21;1-4-19(2,3)16(24)27-5-6-28-18(26)21(22,23)29-17(25)20-10-13-7-14(11-20)9-15(8-13)12-20;1-4-16(2,3)14(21)23-10-11-24-15(22)17(18,19)25-13(20)12-8-6-5-7-9-12/h14-16H,4-13H2,1-3H3;14-16H,4-13H2,1-3H3;13-15H,4-12H2,1-3H3;12H,4-11H2,1-3H3. The first-order valence-electron chi connectivity index (χ1n) is 41.4. The monoisotopic (exact) mass is 1690 g/mol. The molecule has 0 heterocycles. The molecule has 0 aromatic heterocycles. The Bertz CT molecular complexity index is 3400. The fourth-order valence-electron chi connectivity index (χ4n) is 18.7. The fraction of sp³-hybridized carbons (Fsp3) is 0.855. The summed E-state index contributed by atoms with van der Waals surface area (Å²) < 4.78 is 195.